The predicted octanol–water partition coefficient (Wildman–Crippen LogP) is 5.84. The number of ether oxygens (including phenoxy) is 1. The molecule has 2 aromatic carbocycles. The van der Waals surface area contributed by atoms with E-state index in [9.17, 15) is 9.90 Å². The average Bonchev–Trinajstić information content (AvgIpc) is 2.95. The number of azo groups is 1. The van der Waals surface area contributed by atoms with Crippen molar-refractivity contribution in [3.63, 3.8) is 0 Å². The quantitative estimate of drug-likeness (QED) is 0.386. The first-order chi connectivity index (χ1) is 14.0. The lowest BCUT2D eigenvalue weighted by Crippen LogP contribution is -2.08. The molecule has 0 unspecified atom stereocenters. The van der Waals surface area contributed by atoms with Gasteiger partial charge in [0.05, 0.1) is 5.52 Å². The maximum absolute atomic E-state index is 12.2. The zero-order valence-corrected chi connectivity index (χ0v) is 17.2. The molecule has 152 valence electrons. The number of para-hydroxylation sites is 1. The largest absolute Gasteiger partial charge is 0.493 e. The lowest BCUT2D eigenvalue weighted by Gasteiger charge is -2.06. The molecule has 3 aromatic rings. The van der Waals surface area contributed by atoms with E-state index >= 15 is 0 Å². The Bertz CT molecular complexity index is 1020. The van der Waals surface area contributed by atoms with Crippen LogP contribution in [0.15, 0.2) is 52.7 Å². The summed E-state index contributed by atoms with van der Waals surface area (Å²) in [4.78, 5) is 12.2. The Morgan fingerprint density at radius 1 is 1.10 bits per heavy atom. The Morgan fingerprint density at radius 2 is 1.83 bits per heavy atom. The minimum Gasteiger partial charge on any atom is -0.493 e. The third-order valence-corrected chi connectivity index (χ3v) is 4.72. The van der Waals surface area contributed by atoms with E-state index in [0.29, 0.717) is 18.0 Å². The summed E-state index contributed by atoms with van der Waals surface area (Å²) in [6.07, 6.45) is 3.14. The van der Waals surface area contributed by atoms with Crippen molar-refractivity contribution in [3.05, 3.63) is 53.6 Å². The van der Waals surface area contributed by atoms with Crippen molar-refractivity contribution >= 4 is 22.5 Å². The molecule has 0 aliphatic rings. The van der Waals surface area contributed by atoms with Crippen LogP contribution in [-0.4, -0.2) is 22.2 Å². The third kappa shape index (κ3) is 5.02. The van der Waals surface area contributed by atoms with E-state index in [1.807, 2.05) is 60.9 Å². The highest BCUT2D eigenvalue weighted by atomic mass is 16.5. The molecular weight excluding hydrogens is 366 g/mol. The topological polar surface area (TPSA) is 76.2 Å². The van der Waals surface area contributed by atoms with Gasteiger partial charge in [-0.3, -0.25) is 4.79 Å². The first-order valence-electron chi connectivity index (χ1n) is 9.95. The van der Waals surface area contributed by atoms with Crippen molar-refractivity contribution in [2.24, 2.45) is 10.2 Å². The lowest BCUT2D eigenvalue weighted by molar-refractivity contribution is -0.120. The molecule has 0 saturated carbocycles. The molecule has 6 heteroatoms. The fourth-order valence-corrected chi connectivity index (χ4v) is 3.41. The number of carbonyl (C=O) groups is 1. The van der Waals surface area contributed by atoms with Crippen LogP contribution in [0.5, 0.6) is 11.6 Å². The van der Waals surface area contributed by atoms with Crippen LogP contribution in [0.3, 0.4) is 0 Å². The molecule has 0 spiro atoms. The SMILES string of the molecule is CCCCCn1c(O)c(N=NC(=O)COc2cc(C)cc(C)c2)c2ccccc21. The number of hydrogen-bond donors (Lipinski definition) is 1. The maximum atomic E-state index is 12.2. The van der Waals surface area contributed by atoms with Gasteiger partial charge in [0.15, 0.2) is 12.3 Å². The number of aryl methyl sites for hydroxylation is 3. The summed E-state index contributed by atoms with van der Waals surface area (Å²) in [5.74, 6) is 0.155. The zero-order chi connectivity index (χ0) is 20.8. The van der Waals surface area contributed by atoms with E-state index in [1.165, 1.54) is 0 Å². The molecule has 0 radical (unpaired) electrons. The van der Waals surface area contributed by atoms with E-state index < -0.39 is 5.91 Å². The number of amides is 1. The van der Waals surface area contributed by atoms with Gasteiger partial charge >= 0.3 is 5.91 Å². The van der Waals surface area contributed by atoms with E-state index in [0.717, 1.165) is 41.3 Å². The standard InChI is InChI=1S/C23H27N3O3/c1-4-5-8-11-26-20-10-7-6-9-19(20)22(23(26)28)25-24-21(27)15-29-18-13-16(2)12-17(3)14-18/h6-7,9-10,12-14,28H,4-5,8,11,15H2,1-3H3. The van der Waals surface area contributed by atoms with Crippen LogP contribution < -0.4 is 4.74 Å². The third-order valence-electron chi connectivity index (χ3n) is 4.72. The van der Waals surface area contributed by atoms with Gasteiger partial charge in [0.2, 0.25) is 5.88 Å². The van der Waals surface area contributed by atoms with Gasteiger partial charge in [0.25, 0.3) is 0 Å². The van der Waals surface area contributed by atoms with Crippen LogP contribution >= 0.6 is 0 Å². The van der Waals surface area contributed by atoms with Crippen molar-refractivity contribution in [2.45, 2.75) is 46.6 Å². The molecule has 0 aliphatic carbocycles. The minimum absolute atomic E-state index is 0.0362. The van der Waals surface area contributed by atoms with Gasteiger partial charge in [0.1, 0.15) is 5.75 Å². The molecule has 0 fully saturated rings. The van der Waals surface area contributed by atoms with Gasteiger partial charge in [-0.15, -0.1) is 10.2 Å². The molecule has 0 saturated heterocycles. The highest BCUT2D eigenvalue weighted by Crippen LogP contribution is 2.39. The summed E-state index contributed by atoms with van der Waals surface area (Å²) in [6.45, 7) is 6.57. The fraction of sp³-hybridized carbons (Fsp3) is 0.348. The van der Waals surface area contributed by atoms with E-state index in [-0.39, 0.29) is 12.5 Å². The summed E-state index contributed by atoms with van der Waals surface area (Å²) in [7, 11) is 0. The van der Waals surface area contributed by atoms with Gasteiger partial charge in [-0.1, -0.05) is 44.0 Å². The molecule has 1 aromatic heterocycles. The highest BCUT2D eigenvalue weighted by molar-refractivity contribution is 5.95. The van der Waals surface area contributed by atoms with E-state index in [4.69, 9.17) is 4.74 Å². The molecule has 3 rings (SSSR count). The van der Waals surface area contributed by atoms with Crippen molar-refractivity contribution in [2.75, 3.05) is 6.61 Å². The molecule has 0 bridgehead atoms. The fourth-order valence-electron chi connectivity index (χ4n) is 3.41. The van der Waals surface area contributed by atoms with Crippen LogP contribution in [-0.2, 0) is 11.3 Å². The minimum atomic E-state index is -0.508. The second-order valence-electron chi connectivity index (χ2n) is 7.25. The van der Waals surface area contributed by atoms with Gasteiger partial charge < -0.3 is 14.4 Å². The first-order valence-corrected chi connectivity index (χ1v) is 9.95. The predicted molar refractivity (Wildman–Crippen MR) is 114 cm³/mol. The monoisotopic (exact) mass is 393 g/mol. The number of fused-ring (bicyclic) bond motifs is 1. The Hall–Kier alpha value is -3.15. The smallest absolute Gasteiger partial charge is 0.302 e. The van der Waals surface area contributed by atoms with Crippen molar-refractivity contribution in [1.29, 1.82) is 0 Å². The van der Waals surface area contributed by atoms with Crippen LogP contribution in [0.4, 0.5) is 5.69 Å². The highest BCUT2D eigenvalue weighted by Gasteiger charge is 2.16. The summed E-state index contributed by atoms with van der Waals surface area (Å²) >= 11 is 0. The van der Waals surface area contributed by atoms with Crippen molar-refractivity contribution in [3.8, 4) is 11.6 Å². The van der Waals surface area contributed by atoms with E-state index in [1.54, 1.807) is 0 Å². The molecular formula is C23H27N3O3. The first kappa shape index (κ1) is 20.6. The molecule has 1 N–H and O–H groups in total. The van der Waals surface area contributed by atoms with Crippen LogP contribution in [0.25, 0.3) is 10.9 Å². The lowest BCUT2D eigenvalue weighted by atomic mass is 10.1. The maximum Gasteiger partial charge on any atom is 0.302 e. The number of aromatic hydroxyl groups is 1. The average molecular weight is 393 g/mol. The Balaban J connectivity index is 1.75. The molecule has 1 amide bonds. The summed E-state index contributed by atoms with van der Waals surface area (Å²) in [5.41, 5.74) is 3.33. The van der Waals surface area contributed by atoms with Gasteiger partial charge in [-0.25, -0.2) is 0 Å². The van der Waals surface area contributed by atoms with Gasteiger partial charge in [0, 0.05) is 11.9 Å². The zero-order valence-electron chi connectivity index (χ0n) is 17.2. The number of nitrogens with zero attached hydrogens (tertiary/aromatic N) is 3. The second-order valence-corrected chi connectivity index (χ2v) is 7.25. The van der Waals surface area contributed by atoms with Crippen molar-refractivity contribution < 1.29 is 14.6 Å². The van der Waals surface area contributed by atoms with Crippen LogP contribution in [0, 0.1) is 13.8 Å². The van der Waals surface area contributed by atoms with E-state index in [2.05, 4.69) is 17.2 Å². The number of carbonyl (C=O) groups excluding carboxylic acids is 1. The number of hydrogen-bond acceptors (Lipinski definition) is 4. The molecule has 1 heterocycles. The Morgan fingerprint density at radius 3 is 2.55 bits per heavy atom. The number of rotatable bonds is 8. The molecule has 29 heavy (non-hydrogen) atoms. The van der Waals surface area contributed by atoms with Crippen LogP contribution in [0.1, 0.15) is 37.3 Å². The summed E-state index contributed by atoms with van der Waals surface area (Å²) in [5, 5.41) is 19.2. The number of benzene rings is 2. The molecule has 6 nitrogen and oxygen atoms in total. The molecule has 0 atom stereocenters. The van der Waals surface area contributed by atoms with Gasteiger partial charge in [-0.2, -0.15) is 0 Å². The Labute approximate surface area is 170 Å². The summed E-state index contributed by atoms with van der Waals surface area (Å²) in [6, 6.07) is 13.4. The number of aromatic nitrogens is 1. The summed E-state index contributed by atoms with van der Waals surface area (Å²) < 4.78 is 7.36. The molecule has 0 aliphatic heterocycles. The Kier molecular flexibility index (Phi) is 6.65. The number of unbranched alkanes of at least 4 members (excludes halogenated alkanes) is 2. The van der Waals surface area contributed by atoms with Crippen molar-refractivity contribution in [1.82, 2.24) is 4.57 Å². The van der Waals surface area contributed by atoms with Crippen LogP contribution in [0.2, 0.25) is 0 Å². The second kappa shape index (κ2) is 9.37. The van der Waals surface area contributed by atoms with Gasteiger partial charge in [-0.05, 0) is 49.6 Å². The normalized spacial score (nSPS) is 11.4.